The second kappa shape index (κ2) is 8.26. The van der Waals surface area contributed by atoms with Crippen molar-refractivity contribution in [3.8, 4) is 0 Å². The van der Waals surface area contributed by atoms with Crippen molar-refractivity contribution in [1.29, 1.82) is 0 Å². The second-order valence-corrected chi connectivity index (χ2v) is 7.64. The molecule has 2 rings (SSSR count). The van der Waals surface area contributed by atoms with Gasteiger partial charge >= 0.3 is 11.7 Å². The minimum atomic E-state index is -4.74. The van der Waals surface area contributed by atoms with Gasteiger partial charge in [-0.05, 0) is 49.2 Å². The highest BCUT2D eigenvalue weighted by molar-refractivity contribution is 7.91. The van der Waals surface area contributed by atoms with E-state index in [1.165, 1.54) is 0 Å². The number of hydrogen-bond donors (Lipinski definition) is 1. The van der Waals surface area contributed by atoms with Gasteiger partial charge in [0, 0.05) is 5.69 Å². The van der Waals surface area contributed by atoms with E-state index in [1.807, 2.05) is 32.0 Å². The van der Waals surface area contributed by atoms with E-state index in [0.717, 1.165) is 35.4 Å². The van der Waals surface area contributed by atoms with Crippen molar-refractivity contribution in [3.63, 3.8) is 0 Å². The maximum Gasteiger partial charge on any atom is 0.341 e. The average molecular weight is 397 g/mol. The molecule has 9 heteroatoms. The molecule has 0 aliphatic rings. The molecular formula is C18H17F2NO5S. The molecule has 0 radical (unpaired) electrons. The van der Waals surface area contributed by atoms with Crippen molar-refractivity contribution in [3.05, 3.63) is 59.2 Å². The number of amides is 1. The van der Waals surface area contributed by atoms with Crippen LogP contribution in [0.3, 0.4) is 0 Å². The Hall–Kier alpha value is -2.81. The lowest BCUT2D eigenvalue weighted by molar-refractivity contribution is -0.119. The van der Waals surface area contributed by atoms with Gasteiger partial charge in [0.05, 0.1) is 10.5 Å². The minimum Gasteiger partial charge on any atom is -0.452 e. The maximum absolute atomic E-state index is 12.5. The quantitative estimate of drug-likeness (QED) is 0.757. The van der Waals surface area contributed by atoms with Crippen LogP contribution in [0.15, 0.2) is 47.4 Å². The molecule has 2 aromatic rings. The zero-order chi connectivity index (χ0) is 20.2. The molecule has 0 fully saturated rings. The highest BCUT2D eigenvalue weighted by atomic mass is 32.2. The van der Waals surface area contributed by atoms with E-state index in [-0.39, 0.29) is 5.56 Å². The fourth-order valence-corrected chi connectivity index (χ4v) is 3.01. The summed E-state index contributed by atoms with van der Waals surface area (Å²) >= 11 is 0. The van der Waals surface area contributed by atoms with Crippen LogP contribution < -0.4 is 5.32 Å². The Labute approximate surface area is 155 Å². The highest BCUT2D eigenvalue weighted by Gasteiger charge is 2.26. The summed E-state index contributed by atoms with van der Waals surface area (Å²) in [6.07, 6.45) is 0. The third-order valence-electron chi connectivity index (χ3n) is 3.73. The van der Waals surface area contributed by atoms with E-state index in [2.05, 4.69) is 5.32 Å². The molecule has 0 aromatic heterocycles. The lowest BCUT2D eigenvalue weighted by atomic mass is 10.1. The van der Waals surface area contributed by atoms with Gasteiger partial charge in [-0.3, -0.25) is 4.79 Å². The topological polar surface area (TPSA) is 89.5 Å². The van der Waals surface area contributed by atoms with Crippen molar-refractivity contribution in [2.24, 2.45) is 0 Å². The molecule has 0 heterocycles. The Morgan fingerprint density at radius 3 is 2.11 bits per heavy atom. The summed E-state index contributed by atoms with van der Waals surface area (Å²) in [5.41, 5.74) is 2.26. The number of aryl methyl sites for hydroxylation is 2. The van der Waals surface area contributed by atoms with E-state index >= 15 is 0 Å². The number of rotatable bonds is 6. The standard InChI is InChI=1S/C18H17F2NO5S/c1-11-4-3-5-12(2)16(11)21-15(22)10-26-17(23)13-6-8-14(9-7-13)27(24,25)18(19)20/h3-9,18H,10H2,1-2H3,(H,21,22). The largest absolute Gasteiger partial charge is 0.452 e. The summed E-state index contributed by atoms with van der Waals surface area (Å²) in [5.74, 6) is -4.98. The number of carbonyl (C=O) groups excluding carboxylic acids is 2. The number of anilines is 1. The molecule has 0 unspecified atom stereocenters. The van der Waals surface area contributed by atoms with Crippen LogP contribution in [-0.2, 0) is 19.4 Å². The molecule has 1 N–H and O–H groups in total. The molecule has 6 nitrogen and oxygen atoms in total. The summed E-state index contributed by atoms with van der Waals surface area (Å²) in [5, 5.41) is 2.65. The van der Waals surface area contributed by atoms with Crippen LogP contribution in [0.25, 0.3) is 0 Å². The zero-order valence-electron chi connectivity index (χ0n) is 14.5. The lowest BCUT2D eigenvalue weighted by Gasteiger charge is -2.11. The van der Waals surface area contributed by atoms with Crippen LogP contribution in [0.1, 0.15) is 21.5 Å². The monoisotopic (exact) mass is 397 g/mol. The van der Waals surface area contributed by atoms with E-state index in [4.69, 9.17) is 4.74 Å². The van der Waals surface area contributed by atoms with Gasteiger partial charge in [-0.15, -0.1) is 0 Å². The molecule has 27 heavy (non-hydrogen) atoms. The first kappa shape index (κ1) is 20.5. The number of alkyl halides is 2. The zero-order valence-corrected chi connectivity index (χ0v) is 15.3. The predicted molar refractivity (Wildman–Crippen MR) is 94.5 cm³/mol. The SMILES string of the molecule is Cc1cccc(C)c1NC(=O)COC(=O)c1ccc(S(=O)(=O)C(F)F)cc1. The maximum atomic E-state index is 12.5. The second-order valence-electron chi connectivity index (χ2n) is 5.72. The molecule has 1 amide bonds. The normalized spacial score (nSPS) is 11.3. The van der Waals surface area contributed by atoms with Gasteiger partial charge < -0.3 is 10.1 Å². The van der Waals surface area contributed by atoms with Gasteiger partial charge in [-0.2, -0.15) is 8.78 Å². The van der Waals surface area contributed by atoms with Crippen molar-refractivity contribution in [2.75, 3.05) is 11.9 Å². The molecule has 0 spiro atoms. The van der Waals surface area contributed by atoms with Crippen molar-refractivity contribution in [1.82, 2.24) is 0 Å². The Morgan fingerprint density at radius 2 is 1.59 bits per heavy atom. The summed E-state index contributed by atoms with van der Waals surface area (Å²) in [7, 11) is -4.74. The van der Waals surface area contributed by atoms with Crippen LogP contribution in [0, 0.1) is 13.8 Å². The number of sulfone groups is 1. The molecule has 0 aliphatic carbocycles. The van der Waals surface area contributed by atoms with Crippen molar-refractivity contribution >= 4 is 27.4 Å². The number of para-hydroxylation sites is 1. The van der Waals surface area contributed by atoms with Crippen LogP contribution in [0.5, 0.6) is 0 Å². The molecule has 0 bridgehead atoms. The average Bonchev–Trinajstić information content (AvgIpc) is 2.63. The van der Waals surface area contributed by atoms with Gasteiger partial charge in [0.2, 0.25) is 9.84 Å². The third kappa shape index (κ3) is 4.88. The molecule has 2 aromatic carbocycles. The fourth-order valence-electron chi connectivity index (χ4n) is 2.29. The van der Waals surface area contributed by atoms with E-state index in [1.54, 1.807) is 0 Å². The molecule has 0 aliphatic heterocycles. The van der Waals surface area contributed by atoms with Gasteiger partial charge in [0.1, 0.15) is 0 Å². The van der Waals surface area contributed by atoms with Crippen LogP contribution in [-0.4, -0.2) is 32.7 Å². The highest BCUT2D eigenvalue weighted by Crippen LogP contribution is 2.20. The number of hydrogen-bond acceptors (Lipinski definition) is 5. The number of nitrogens with one attached hydrogen (secondary N) is 1. The minimum absolute atomic E-state index is 0.0666. The van der Waals surface area contributed by atoms with Crippen LogP contribution >= 0.6 is 0 Å². The van der Waals surface area contributed by atoms with E-state index < -0.39 is 39.0 Å². The number of halogens is 2. The Bertz CT molecular complexity index is 936. The van der Waals surface area contributed by atoms with Crippen LogP contribution in [0.4, 0.5) is 14.5 Å². The lowest BCUT2D eigenvalue weighted by Crippen LogP contribution is -2.22. The van der Waals surface area contributed by atoms with E-state index in [9.17, 15) is 26.8 Å². The first-order valence-corrected chi connectivity index (χ1v) is 9.33. The summed E-state index contributed by atoms with van der Waals surface area (Å²) < 4.78 is 52.5. The Morgan fingerprint density at radius 1 is 1.04 bits per heavy atom. The van der Waals surface area contributed by atoms with Gasteiger partial charge in [-0.1, -0.05) is 18.2 Å². The summed E-state index contributed by atoms with van der Waals surface area (Å²) in [6.45, 7) is 3.09. The molecular weight excluding hydrogens is 380 g/mol. The van der Waals surface area contributed by atoms with Crippen molar-refractivity contribution < 1.29 is 31.5 Å². The van der Waals surface area contributed by atoms with Crippen molar-refractivity contribution in [2.45, 2.75) is 24.5 Å². The first-order chi connectivity index (χ1) is 12.6. The van der Waals surface area contributed by atoms with Gasteiger partial charge in [0.25, 0.3) is 5.91 Å². The number of esters is 1. The molecule has 0 saturated carbocycles. The van der Waals surface area contributed by atoms with Crippen LogP contribution in [0.2, 0.25) is 0 Å². The molecule has 144 valence electrons. The van der Waals surface area contributed by atoms with E-state index in [0.29, 0.717) is 5.69 Å². The molecule has 0 saturated heterocycles. The fraction of sp³-hybridized carbons (Fsp3) is 0.222. The number of carbonyl (C=O) groups is 2. The summed E-state index contributed by atoms with van der Waals surface area (Å²) in [4.78, 5) is 23.3. The first-order valence-electron chi connectivity index (χ1n) is 7.78. The Kier molecular flexibility index (Phi) is 6.27. The number of ether oxygens (including phenoxy) is 1. The third-order valence-corrected chi connectivity index (χ3v) is 5.13. The van der Waals surface area contributed by atoms with Gasteiger partial charge in [-0.25, -0.2) is 13.2 Å². The molecule has 0 atom stereocenters. The predicted octanol–water partition coefficient (Wildman–Crippen LogP) is 3.10. The summed E-state index contributed by atoms with van der Waals surface area (Å²) in [6, 6.07) is 9.34. The smallest absolute Gasteiger partial charge is 0.341 e. The van der Waals surface area contributed by atoms with Gasteiger partial charge in [0.15, 0.2) is 6.61 Å². The number of benzene rings is 2. The Balaban J connectivity index is 1.98.